The van der Waals surface area contributed by atoms with Gasteiger partial charge in [-0.15, -0.1) is 0 Å². The van der Waals surface area contributed by atoms with E-state index in [9.17, 15) is 9.90 Å². The number of hydrogen-bond acceptors (Lipinski definition) is 1. The van der Waals surface area contributed by atoms with E-state index in [1.807, 2.05) is 54.1 Å². The van der Waals surface area contributed by atoms with Gasteiger partial charge in [-0.3, -0.25) is 0 Å². The largest absolute Gasteiger partial charge is 0.478 e. The van der Waals surface area contributed by atoms with Crippen LogP contribution in [0.15, 0.2) is 54.7 Å². The van der Waals surface area contributed by atoms with Gasteiger partial charge in [0.25, 0.3) is 0 Å². The molecule has 3 rings (SSSR count). The quantitative estimate of drug-likeness (QED) is 0.755. The van der Waals surface area contributed by atoms with Gasteiger partial charge in [-0.1, -0.05) is 30.3 Å². The van der Waals surface area contributed by atoms with E-state index in [0.717, 1.165) is 22.2 Å². The summed E-state index contributed by atoms with van der Waals surface area (Å²) in [6.07, 6.45) is 1.92. The van der Waals surface area contributed by atoms with Crippen molar-refractivity contribution in [2.24, 2.45) is 0 Å². The summed E-state index contributed by atoms with van der Waals surface area (Å²) in [5.74, 6) is -0.906. The van der Waals surface area contributed by atoms with Crippen molar-refractivity contribution in [1.29, 1.82) is 0 Å². The molecule has 0 fully saturated rings. The maximum Gasteiger partial charge on any atom is 0.337 e. The molecule has 94 valence electrons. The van der Waals surface area contributed by atoms with E-state index in [0.29, 0.717) is 5.56 Å². The van der Waals surface area contributed by atoms with Gasteiger partial charge >= 0.3 is 5.97 Å². The number of carboxylic acids is 1. The molecule has 0 saturated heterocycles. The minimum absolute atomic E-state index is 0.321. The highest BCUT2D eigenvalue weighted by Gasteiger charge is 2.14. The Hall–Kier alpha value is -2.55. The number of benzene rings is 2. The third-order valence-electron chi connectivity index (χ3n) is 3.31. The van der Waals surface area contributed by atoms with Crippen LogP contribution in [-0.4, -0.2) is 15.6 Å². The topological polar surface area (TPSA) is 42.2 Å². The molecule has 3 heteroatoms. The lowest BCUT2D eigenvalue weighted by Gasteiger charge is -2.12. The molecule has 0 saturated carbocycles. The zero-order valence-electron chi connectivity index (χ0n) is 10.5. The van der Waals surface area contributed by atoms with E-state index >= 15 is 0 Å². The minimum atomic E-state index is -0.906. The van der Waals surface area contributed by atoms with Crippen molar-refractivity contribution in [2.45, 2.75) is 6.92 Å². The Morgan fingerprint density at radius 1 is 1.05 bits per heavy atom. The van der Waals surface area contributed by atoms with Gasteiger partial charge in [0.2, 0.25) is 0 Å². The summed E-state index contributed by atoms with van der Waals surface area (Å²) in [6.45, 7) is 1.93. The Balaban J connectivity index is 2.36. The standard InChI is InChI=1S/C16H13NO2/c1-11-5-4-7-13(16(18)19)15(11)17-10-9-12-6-2-3-8-14(12)17/h2-10H,1H3,(H,18,19). The van der Waals surface area contributed by atoms with Crippen LogP contribution < -0.4 is 0 Å². The number of carboxylic acid groups (broad SMARTS) is 1. The van der Waals surface area contributed by atoms with E-state index in [1.165, 1.54) is 0 Å². The second kappa shape index (κ2) is 4.28. The van der Waals surface area contributed by atoms with E-state index in [1.54, 1.807) is 12.1 Å². The second-order valence-corrected chi connectivity index (χ2v) is 4.52. The molecule has 19 heavy (non-hydrogen) atoms. The monoisotopic (exact) mass is 251 g/mol. The molecule has 0 aliphatic heterocycles. The number of nitrogens with zero attached hydrogens (tertiary/aromatic N) is 1. The predicted molar refractivity (Wildman–Crippen MR) is 75.0 cm³/mol. The zero-order chi connectivity index (χ0) is 13.4. The predicted octanol–water partition coefficient (Wildman–Crippen LogP) is 3.64. The number of aromatic carboxylic acids is 1. The van der Waals surface area contributed by atoms with Crippen LogP contribution in [0.2, 0.25) is 0 Å². The van der Waals surface area contributed by atoms with Crippen molar-refractivity contribution in [1.82, 2.24) is 4.57 Å². The van der Waals surface area contributed by atoms with Crippen molar-refractivity contribution in [3.63, 3.8) is 0 Å². The normalized spacial score (nSPS) is 10.8. The molecule has 0 amide bonds. The lowest BCUT2D eigenvalue weighted by Crippen LogP contribution is -2.06. The fourth-order valence-electron chi connectivity index (χ4n) is 2.43. The van der Waals surface area contributed by atoms with Crippen LogP contribution in [0.1, 0.15) is 15.9 Å². The summed E-state index contributed by atoms with van der Waals surface area (Å²) in [5, 5.41) is 10.4. The van der Waals surface area contributed by atoms with Crippen LogP contribution in [0.25, 0.3) is 16.6 Å². The SMILES string of the molecule is Cc1cccc(C(=O)O)c1-n1ccc2ccccc21. The third kappa shape index (κ3) is 1.80. The Labute approximate surface area is 110 Å². The first-order chi connectivity index (χ1) is 9.18. The minimum Gasteiger partial charge on any atom is -0.478 e. The van der Waals surface area contributed by atoms with Gasteiger partial charge < -0.3 is 9.67 Å². The van der Waals surface area contributed by atoms with Gasteiger partial charge in [-0.05, 0) is 36.1 Å². The van der Waals surface area contributed by atoms with Gasteiger partial charge in [-0.2, -0.15) is 0 Å². The highest BCUT2D eigenvalue weighted by molar-refractivity contribution is 5.94. The first-order valence-electron chi connectivity index (χ1n) is 6.08. The highest BCUT2D eigenvalue weighted by Crippen LogP contribution is 2.25. The van der Waals surface area contributed by atoms with Crippen LogP contribution in [0.5, 0.6) is 0 Å². The Bertz CT molecular complexity index is 771. The van der Waals surface area contributed by atoms with Crippen LogP contribution in [0.4, 0.5) is 0 Å². The first kappa shape index (κ1) is 11.5. The molecule has 0 radical (unpaired) electrons. The maximum atomic E-state index is 11.4. The molecule has 0 aliphatic rings. The van der Waals surface area contributed by atoms with Gasteiger partial charge in [-0.25, -0.2) is 4.79 Å². The van der Waals surface area contributed by atoms with Crippen LogP contribution >= 0.6 is 0 Å². The fraction of sp³-hybridized carbons (Fsp3) is 0.0625. The van der Waals surface area contributed by atoms with E-state index in [-0.39, 0.29) is 0 Å². The highest BCUT2D eigenvalue weighted by atomic mass is 16.4. The van der Waals surface area contributed by atoms with Crippen molar-refractivity contribution in [2.75, 3.05) is 0 Å². The maximum absolute atomic E-state index is 11.4. The molecule has 0 spiro atoms. The average molecular weight is 251 g/mol. The lowest BCUT2D eigenvalue weighted by molar-refractivity contribution is 0.0697. The summed E-state index contributed by atoms with van der Waals surface area (Å²) in [5.41, 5.74) is 3.01. The Morgan fingerprint density at radius 3 is 2.63 bits per heavy atom. The van der Waals surface area contributed by atoms with E-state index in [2.05, 4.69) is 0 Å². The Kier molecular flexibility index (Phi) is 2.60. The van der Waals surface area contributed by atoms with Gasteiger partial charge in [0.15, 0.2) is 0 Å². The second-order valence-electron chi connectivity index (χ2n) is 4.52. The summed E-state index contributed by atoms with van der Waals surface area (Å²) in [7, 11) is 0. The molecule has 1 heterocycles. The number of carbonyl (C=O) groups is 1. The molecule has 3 nitrogen and oxygen atoms in total. The van der Waals surface area contributed by atoms with Crippen LogP contribution in [-0.2, 0) is 0 Å². The number of hydrogen-bond donors (Lipinski definition) is 1. The van der Waals surface area contributed by atoms with Crippen molar-refractivity contribution in [3.05, 3.63) is 65.9 Å². The number of para-hydroxylation sites is 2. The molecule has 1 aromatic heterocycles. The van der Waals surface area contributed by atoms with Gasteiger partial charge in [0.1, 0.15) is 0 Å². The van der Waals surface area contributed by atoms with Crippen LogP contribution in [0, 0.1) is 6.92 Å². The van der Waals surface area contributed by atoms with Crippen LogP contribution in [0.3, 0.4) is 0 Å². The molecule has 0 atom stereocenters. The number of rotatable bonds is 2. The molecule has 2 aromatic carbocycles. The lowest BCUT2D eigenvalue weighted by atomic mass is 10.1. The first-order valence-corrected chi connectivity index (χ1v) is 6.08. The summed E-state index contributed by atoms with van der Waals surface area (Å²) in [6, 6.07) is 15.3. The smallest absolute Gasteiger partial charge is 0.337 e. The molecule has 0 unspecified atom stereocenters. The molecule has 1 N–H and O–H groups in total. The molecular formula is C16H13NO2. The fourth-order valence-corrected chi connectivity index (χ4v) is 2.43. The van der Waals surface area contributed by atoms with Crippen molar-refractivity contribution < 1.29 is 9.90 Å². The van der Waals surface area contributed by atoms with Crippen molar-refractivity contribution >= 4 is 16.9 Å². The number of fused-ring (bicyclic) bond motifs is 1. The summed E-state index contributed by atoms with van der Waals surface area (Å²) < 4.78 is 1.94. The van der Waals surface area contributed by atoms with Crippen molar-refractivity contribution in [3.8, 4) is 5.69 Å². The Morgan fingerprint density at radius 2 is 1.84 bits per heavy atom. The summed E-state index contributed by atoms with van der Waals surface area (Å²) >= 11 is 0. The molecular weight excluding hydrogens is 238 g/mol. The van der Waals surface area contributed by atoms with Gasteiger partial charge in [0, 0.05) is 6.20 Å². The molecule has 3 aromatic rings. The molecule has 0 aliphatic carbocycles. The third-order valence-corrected chi connectivity index (χ3v) is 3.31. The number of aromatic nitrogens is 1. The average Bonchev–Trinajstić information content (AvgIpc) is 2.82. The van der Waals surface area contributed by atoms with E-state index < -0.39 is 5.97 Å². The molecule has 0 bridgehead atoms. The summed E-state index contributed by atoms with van der Waals surface area (Å²) in [4.78, 5) is 11.4. The number of aryl methyl sites for hydroxylation is 1. The van der Waals surface area contributed by atoms with Gasteiger partial charge in [0.05, 0.1) is 16.8 Å². The van der Waals surface area contributed by atoms with E-state index in [4.69, 9.17) is 0 Å². The zero-order valence-corrected chi connectivity index (χ0v) is 10.5.